The number of hydrogen-bond acceptors (Lipinski definition) is 4. The van der Waals surface area contributed by atoms with Gasteiger partial charge < -0.3 is 15.1 Å². The third-order valence-electron chi connectivity index (χ3n) is 3.70. The van der Waals surface area contributed by atoms with E-state index in [4.69, 9.17) is 0 Å². The average molecular weight is 321 g/mol. The molecule has 0 aliphatic carbocycles. The summed E-state index contributed by atoms with van der Waals surface area (Å²) in [5, 5.41) is 3.95. The number of carbonyl (C=O) groups is 2. The molecule has 2 fully saturated rings. The van der Waals surface area contributed by atoms with Crippen LogP contribution in [-0.4, -0.2) is 53.5 Å². The third kappa shape index (κ3) is 3.09. The number of hydrogen-bond donors (Lipinski definition) is 1. The van der Waals surface area contributed by atoms with Gasteiger partial charge in [0, 0.05) is 31.9 Å². The second-order valence-corrected chi connectivity index (χ2v) is 6.31. The van der Waals surface area contributed by atoms with Crippen LogP contribution in [0.2, 0.25) is 0 Å². The van der Waals surface area contributed by atoms with Gasteiger partial charge in [0.05, 0.1) is 16.8 Å². The summed E-state index contributed by atoms with van der Waals surface area (Å²) >= 11 is 1.38. The lowest BCUT2D eigenvalue weighted by Gasteiger charge is -2.39. The molecular weight excluding hydrogens is 305 g/mol. The SMILES string of the molecule is CN1C(=O)CS/C1=C\C(=O)N1CC(Nc2ccc(F)cc2)C1. The van der Waals surface area contributed by atoms with Gasteiger partial charge in [-0.1, -0.05) is 11.8 Å². The Labute approximate surface area is 132 Å². The van der Waals surface area contributed by atoms with E-state index in [1.807, 2.05) is 0 Å². The highest BCUT2D eigenvalue weighted by Crippen LogP contribution is 2.27. The summed E-state index contributed by atoms with van der Waals surface area (Å²) in [6.07, 6.45) is 1.52. The molecule has 5 nitrogen and oxygen atoms in total. The van der Waals surface area contributed by atoms with Crippen molar-refractivity contribution in [3.8, 4) is 0 Å². The van der Waals surface area contributed by atoms with Crippen LogP contribution in [0, 0.1) is 5.82 Å². The Balaban J connectivity index is 1.51. The van der Waals surface area contributed by atoms with Gasteiger partial charge in [-0.2, -0.15) is 0 Å². The molecule has 0 bridgehead atoms. The van der Waals surface area contributed by atoms with Gasteiger partial charge >= 0.3 is 0 Å². The Morgan fingerprint density at radius 2 is 2.05 bits per heavy atom. The normalized spacial score (nSPS) is 20.5. The quantitative estimate of drug-likeness (QED) is 0.857. The number of halogens is 1. The number of amides is 2. The van der Waals surface area contributed by atoms with Gasteiger partial charge in [0.2, 0.25) is 11.8 Å². The first kappa shape index (κ1) is 14.9. The van der Waals surface area contributed by atoms with E-state index in [0.717, 1.165) is 5.69 Å². The molecule has 2 amide bonds. The number of anilines is 1. The summed E-state index contributed by atoms with van der Waals surface area (Å²) in [5.41, 5.74) is 0.841. The number of nitrogens with zero attached hydrogens (tertiary/aromatic N) is 2. The van der Waals surface area contributed by atoms with Crippen LogP contribution >= 0.6 is 11.8 Å². The largest absolute Gasteiger partial charge is 0.379 e. The fourth-order valence-corrected chi connectivity index (χ4v) is 3.26. The van der Waals surface area contributed by atoms with Gasteiger partial charge in [0.15, 0.2) is 0 Å². The molecule has 1 N–H and O–H groups in total. The number of rotatable bonds is 3. The third-order valence-corrected chi connectivity index (χ3v) is 4.78. The molecule has 2 aliphatic rings. The highest BCUT2D eigenvalue weighted by atomic mass is 32.2. The van der Waals surface area contributed by atoms with Crippen molar-refractivity contribution in [3.05, 3.63) is 41.2 Å². The molecule has 116 valence electrons. The zero-order valence-electron chi connectivity index (χ0n) is 12.1. The number of carbonyl (C=O) groups excluding carboxylic acids is 2. The van der Waals surface area contributed by atoms with Crippen LogP contribution in [0.5, 0.6) is 0 Å². The highest BCUT2D eigenvalue weighted by Gasteiger charge is 2.31. The number of benzene rings is 1. The van der Waals surface area contributed by atoms with E-state index in [2.05, 4.69) is 5.32 Å². The zero-order chi connectivity index (χ0) is 15.7. The molecule has 2 heterocycles. The van der Waals surface area contributed by atoms with E-state index in [0.29, 0.717) is 23.9 Å². The topological polar surface area (TPSA) is 52.7 Å². The molecule has 1 aromatic carbocycles. The van der Waals surface area contributed by atoms with Gasteiger partial charge in [0.25, 0.3) is 0 Å². The van der Waals surface area contributed by atoms with E-state index in [1.165, 1.54) is 34.9 Å². The van der Waals surface area contributed by atoms with E-state index < -0.39 is 0 Å². The molecule has 0 spiro atoms. The standard InChI is InChI=1S/C15H16FN3O2S/c1-18-14(21)9-22-15(18)6-13(20)19-7-12(8-19)17-11-4-2-10(16)3-5-11/h2-6,12,17H,7-9H2,1H3/b15-6-. The first-order chi connectivity index (χ1) is 10.5. The summed E-state index contributed by atoms with van der Waals surface area (Å²) in [7, 11) is 1.68. The van der Waals surface area contributed by atoms with E-state index in [9.17, 15) is 14.0 Å². The second-order valence-electron chi connectivity index (χ2n) is 5.32. The smallest absolute Gasteiger partial charge is 0.249 e. The lowest BCUT2D eigenvalue weighted by Crippen LogP contribution is -2.56. The van der Waals surface area contributed by atoms with Crippen LogP contribution < -0.4 is 5.32 Å². The van der Waals surface area contributed by atoms with Crippen molar-refractivity contribution in [3.63, 3.8) is 0 Å². The van der Waals surface area contributed by atoms with Gasteiger partial charge in [-0.3, -0.25) is 9.59 Å². The Morgan fingerprint density at radius 3 is 2.64 bits per heavy atom. The van der Waals surface area contributed by atoms with E-state index >= 15 is 0 Å². The summed E-state index contributed by atoms with van der Waals surface area (Å²) in [6, 6.07) is 6.33. The van der Waals surface area contributed by atoms with Gasteiger partial charge in [-0.25, -0.2) is 4.39 Å². The van der Waals surface area contributed by atoms with E-state index in [-0.39, 0.29) is 23.7 Å². The van der Waals surface area contributed by atoms with Crippen LogP contribution in [0.4, 0.5) is 10.1 Å². The van der Waals surface area contributed by atoms with Crippen molar-refractivity contribution < 1.29 is 14.0 Å². The number of thioether (sulfide) groups is 1. The first-order valence-corrected chi connectivity index (χ1v) is 7.93. The fourth-order valence-electron chi connectivity index (χ4n) is 2.32. The fraction of sp³-hybridized carbons (Fsp3) is 0.333. The maximum absolute atomic E-state index is 12.8. The zero-order valence-corrected chi connectivity index (χ0v) is 12.9. The minimum absolute atomic E-state index is 0.0171. The van der Waals surface area contributed by atoms with Crippen LogP contribution in [0.3, 0.4) is 0 Å². The molecule has 1 aromatic rings. The van der Waals surface area contributed by atoms with Gasteiger partial charge in [0.1, 0.15) is 5.82 Å². The minimum atomic E-state index is -0.268. The maximum atomic E-state index is 12.8. The van der Waals surface area contributed by atoms with Crippen molar-refractivity contribution in [2.24, 2.45) is 0 Å². The second kappa shape index (κ2) is 6.00. The van der Waals surface area contributed by atoms with Gasteiger partial charge in [-0.05, 0) is 24.3 Å². The monoisotopic (exact) mass is 321 g/mol. The lowest BCUT2D eigenvalue weighted by molar-refractivity contribution is -0.129. The van der Waals surface area contributed by atoms with Crippen molar-refractivity contribution in [1.82, 2.24) is 9.80 Å². The summed E-state index contributed by atoms with van der Waals surface area (Å²) < 4.78 is 12.8. The molecule has 7 heteroatoms. The molecule has 0 atom stereocenters. The molecule has 22 heavy (non-hydrogen) atoms. The highest BCUT2D eigenvalue weighted by molar-refractivity contribution is 8.04. The Bertz CT molecular complexity index is 626. The molecule has 0 aromatic heterocycles. The molecule has 2 aliphatic heterocycles. The van der Waals surface area contributed by atoms with Crippen molar-refractivity contribution in [2.45, 2.75) is 6.04 Å². The first-order valence-electron chi connectivity index (χ1n) is 6.95. The number of likely N-dealkylation sites (tertiary alicyclic amines) is 1. The molecule has 2 saturated heterocycles. The predicted molar refractivity (Wildman–Crippen MR) is 83.7 cm³/mol. The van der Waals surface area contributed by atoms with Crippen molar-refractivity contribution >= 4 is 29.3 Å². The summed E-state index contributed by atoms with van der Waals surface area (Å²) in [4.78, 5) is 26.7. The Hall–Kier alpha value is -2.02. The van der Waals surface area contributed by atoms with Crippen LogP contribution in [-0.2, 0) is 9.59 Å². The van der Waals surface area contributed by atoms with Crippen LogP contribution in [0.25, 0.3) is 0 Å². The van der Waals surface area contributed by atoms with Gasteiger partial charge in [-0.15, -0.1) is 0 Å². The lowest BCUT2D eigenvalue weighted by atomic mass is 10.1. The number of nitrogens with one attached hydrogen (secondary N) is 1. The van der Waals surface area contributed by atoms with E-state index in [1.54, 1.807) is 24.1 Å². The van der Waals surface area contributed by atoms with Crippen molar-refractivity contribution in [1.29, 1.82) is 0 Å². The predicted octanol–water partition coefficient (Wildman–Crippen LogP) is 1.49. The maximum Gasteiger partial charge on any atom is 0.249 e. The Kier molecular flexibility index (Phi) is 4.06. The van der Waals surface area contributed by atoms with Crippen LogP contribution in [0.15, 0.2) is 35.4 Å². The molecule has 0 saturated carbocycles. The van der Waals surface area contributed by atoms with Crippen LogP contribution in [0.1, 0.15) is 0 Å². The minimum Gasteiger partial charge on any atom is -0.379 e. The van der Waals surface area contributed by atoms with Crippen molar-refractivity contribution in [2.75, 3.05) is 31.2 Å². The molecule has 3 rings (SSSR count). The molecule has 0 radical (unpaired) electrons. The average Bonchev–Trinajstić information content (AvgIpc) is 2.76. The summed E-state index contributed by atoms with van der Waals surface area (Å²) in [5.74, 6) is 0.0599. The molecule has 0 unspecified atom stereocenters. The molecular formula is C15H16FN3O2S. The summed E-state index contributed by atoms with van der Waals surface area (Å²) in [6.45, 7) is 1.20. The Morgan fingerprint density at radius 1 is 1.36 bits per heavy atom.